The van der Waals surface area contributed by atoms with Crippen LogP contribution in [-0.4, -0.2) is 12.5 Å². The van der Waals surface area contributed by atoms with Crippen LogP contribution in [-0.2, 0) is 0 Å². The molecule has 0 amide bonds. The van der Waals surface area contributed by atoms with Gasteiger partial charge in [-0.15, -0.1) is 0 Å². The first-order valence-electron chi connectivity index (χ1n) is 4.65. The third-order valence-electron chi connectivity index (χ3n) is 1.70. The molecule has 15 heavy (non-hydrogen) atoms. The van der Waals surface area contributed by atoms with Crippen molar-refractivity contribution in [2.24, 2.45) is 10.7 Å². The Kier molecular flexibility index (Phi) is 4.80. The highest BCUT2D eigenvalue weighted by atomic mass is 127. The monoisotopic (exact) mass is 321 g/mol. The van der Waals surface area contributed by atoms with Crippen LogP contribution >= 0.6 is 22.6 Å². The van der Waals surface area contributed by atoms with Crippen LogP contribution in [0.2, 0.25) is 0 Å². The van der Waals surface area contributed by atoms with Gasteiger partial charge in [-0.25, -0.2) is 4.39 Å². The summed E-state index contributed by atoms with van der Waals surface area (Å²) in [7, 11) is 0. The minimum absolute atomic E-state index is 0.256. The molecule has 0 radical (unpaired) electrons. The largest absolute Gasteiger partial charge is 0.370 e. The molecule has 0 aliphatic rings. The quantitative estimate of drug-likeness (QED) is 0.511. The van der Waals surface area contributed by atoms with Crippen molar-refractivity contribution in [1.82, 2.24) is 0 Å². The normalized spacial score (nSPS) is 11.5. The lowest BCUT2D eigenvalue weighted by Crippen LogP contribution is -2.23. The smallest absolute Gasteiger partial charge is 0.193 e. The predicted octanol–water partition coefficient (Wildman–Crippen LogP) is 2.57. The molecule has 3 nitrogen and oxygen atoms in total. The Hall–Kier alpha value is -0.850. The van der Waals surface area contributed by atoms with E-state index in [2.05, 4.69) is 10.3 Å². The number of guanidine groups is 1. The molecule has 0 saturated heterocycles. The highest BCUT2D eigenvalue weighted by Crippen LogP contribution is 2.18. The van der Waals surface area contributed by atoms with Crippen LogP contribution in [0.5, 0.6) is 0 Å². The predicted molar refractivity (Wildman–Crippen MR) is 69.5 cm³/mol. The number of hydrogen-bond donors (Lipinski definition) is 2. The third-order valence-corrected chi connectivity index (χ3v) is 2.59. The van der Waals surface area contributed by atoms with Crippen molar-refractivity contribution in [2.75, 3.05) is 11.9 Å². The molecular weight excluding hydrogens is 308 g/mol. The van der Waals surface area contributed by atoms with Gasteiger partial charge in [0.1, 0.15) is 5.82 Å². The molecule has 0 aromatic heterocycles. The summed E-state index contributed by atoms with van der Waals surface area (Å²) in [5, 5.41) is 2.93. The summed E-state index contributed by atoms with van der Waals surface area (Å²) in [6, 6.07) is 4.47. The number of rotatable bonds is 3. The van der Waals surface area contributed by atoms with Gasteiger partial charge >= 0.3 is 0 Å². The maximum absolute atomic E-state index is 12.8. The van der Waals surface area contributed by atoms with E-state index in [1.54, 1.807) is 6.07 Å². The first-order chi connectivity index (χ1) is 7.13. The second-order valence-corrected chi connectivity index (χ2v) is 4.18. The lowest BCUT2D eigenvalue weighted by Gasteiger charge is -2.07. The summed E-state index contributed by atoms with van der Waals surface area (Å²) in [5.74, 6) is 0.107. The van der Waals surface area contributed by atoms with E-state index in [1.807, 2.05) is 29.5 Å². The second kappa shape index (κ2) is 5.89. The molecule has 0 spiro atoms. The highest BCUT2D eigenvalue weighted by molar-refractivity contribution is 14.1. The number of nitrogens with zero attached hydrogens (tertiary/aromatic N) is 1. The van der Waals surface area contributed by atoms with Gasteiger partial charge in [0.25, 0.3) is 0 Å². The van der Waals surface area contributed by atoms with Gasteiger partial charge in [0.05, 0.1) is 5.69 Å². The minimum atomic E-state index is -0.256. The van der Waals surface area contributed by atoms with E-state index in [-0.39, 0.29) is 5.82 Å². The van der Waals surface area contributed by atoms with Gasteiger partial charge < -0.3 is 11.1 Å². The molecule has 0 fully saturated rings. The Labute approximate surface area is 102 Å². The molecule has 3 N–H and O–H groups in total. The third kappa shape index (κ3) is 4.03. The van der Waals surface area contributed by atoms with E-state index in [0.717, 1.165) is 15.7 Å². The molecule has 0 bridgehead atoms. The van der Waals surface area contributed by atoms with Crippen molar-refractivity contribution in [2.45, 2.75) is 13.3 Å². The van der Waals surface area contributed by atoms with E-state index < -0.39 is 0 Å². The van der Waals surface area contributed by atoms with Gasteiger partial charge in [-0.3, -0.25) is 4.99 Å². The second-order valence-electron chi connectivity index (χ2n) is 3.02. The van der Waals surface area contributed by atoms with E-state index in [1.165, 1.54) is 12.1 Å². The lowest BCUT2D eigenvalue weighted by molar-refractivity contribution is 0.627. The van der Waals surface area contributed by atoms with Crippen LogP contribution in [0.15, 0.2) is 23.2 Å². The first-order valence-corrected chi connectivity index (χ1v) is 5.73. The number of hydrogen-bond acceptors (Lipinski definition) is 1. The number of aliphatic imine (C=N–C) groups is 1. The Morgan fingerprint density at radius 3 is 2.93 bits per heavy atom. The molecule has 0 atom stereocenters. The maximum Gasteiger partial charge on any atom is 0.193 e. The van der Waals surface area contributed by atoms with Crippen LogP contribution < -0.4 is 11.1 Å². The van der Waals surface area contributed by atoms with Gasteiger partial charge in [-0.2, -0.15) is 0 Å². The van der Waals surface area contributed by atoms with Crippen molar-refractivity contribution in [3.63, 3.8) is 0 Å². The topological polar surface area (TPSA) is 50.4 Å². The molecule has 0 unspecified atom stereocenters. The zero-order valence-electron chi connectivity index (χ0n) is 8.43. The summed E-state index contributed by atoms with van der Waals surface area (Å²) in [4.78, 5) is 4.09. The Morgan fingerprint density at radius 2 is 2.33 bits per heavy atom. The van der Waals surface area contributed by atoms with E-state index in [9.17, 15) is 4.39 Å². The molecule has 1 rings (SSSR count). The summed E-state index contributed by atoms with van der Waals surface area (Å²) >= 11 is 2.04. The number of nitrogens with two attached hydrogens (primary N) is 1. The zero-order valence-corrected chi connectivity index (χ0v) is 10.6. The van der Waals surface area contributed by atoms with E-state index >= 15 is 0 Å². The number of anilines is 1. The average Bonchev–Trinajstić information content (AvgIpc) is 2.19. The molecule has 1 aromatic rings. The summed E-state index contributed by atoms with van der Waals surface area (Å²) < 4.78 is 13.6. The first kappa shape index (κ1) is 12.2. The number of benzene rings is 1. The van der Waals surface area contributed by atoms with Crippen molar-refractivity contribution in [1.29, 1.82) is 0 Å². The fourth-order valence-corrected chi connectivity index (χ4v) is 1.61. The van der Waals surface area contributed by atoms with Crippen LogP contribution in [0, 0.1) is 9.39 Å². The van der Waals surface area contributed by atoms with Crippen LogP contribution in [0.3, 0.4) is 0 Å². The molecule has 5 heteroatoms. The van der Waals surface area contributed by atoms with Crippen molar-refractivity contribution in [3.05, 3.63) is 27.6 Å². The van der Waals surface area contributed by atoms with Crippen molar-refractivity contribution in [3.8, 4) is 0 Å². The molecule has 1 aromatic carbocycles. The number of nitrogens with one attached hydrogen (secondary N) is 1. The SMILES string of the molecule is CCCN=C(N)Nc1ccc(F)cc1I. The molecule has 0 aliphatic heterocycles. The van der Waals surface area contributed by atoms with Crippen molar-refractivity contribution < 1.29 is 4.39 Å². The molecule has 0 aliphatic carbocycles. The van der Waals surface area contributed by atoms with Gasteiger partial charge in [-0.1, -0.05) is 6.92 Å². The number of halogens is 2. The van der Waals surface area contributed by atoms with E-state index in [0.29, 0.717) is 12.5 Å². The fourth-order valence-electron chi connectivity index (χ4n) is 1.00. The Balaban J connectivity index is 2.72. The maximum atomic E-state index is 12.8. The van der Waals surface area contributed by atoms with Gasteiger partial charge in [0.2, 0.25) is 0 Å². The van der Waals surface area contributed by atoms with Crippen molar-refractivity contribution >= 4 is 34.2 Å². The standard InChI is InChI=1S/C10H13FIN3/c1-2-5-14-10(13)15-9-4-3-7(11)6-8(9)12/h3-4,6H,2,5H2,1H3,(H3,13,14,15). The van der Waals surface area contributed by atoms with Crippen LogP contribution in [0.1, 0.15) is 13.3 Å². The Morgan fingerprint density at radius 1 is 1.60 bits per heavy atom. The van der Waals surface area contributed by atoms with E-state index in [4.69, 9.17) is 5.73 Å². The van der Waals surface area contributed by atoms with Crippen LogP contribution in [0.4, 0.5) is 10.1 Å². The van der Waals surface area contributed by atoms with Crippen LogP contribution in [0.25, 0.3) is 0 Å². The molecule has 82 valence electrons. The van der Waals surface area contributed by atoms with Gasteiger partial charge in [0, 0.05) is 10.1 Å². The molecule has 0 heterocycles. The fraction of sp³-hybridized carbons (Fsp3) is 0.300. The average molecular weight is 321 g/mol. The zero-order chi connectivity index (χ0) is 11.3. The summed E-state index contributed by atoms with van der Waals surface area (Å²) in [6.07, 6.45) is 0.947. The summed E-state index contributed by atoms with van der Waals surface area (Å²) in [5.41, 5.74) is 6.41. The lowest BCUT2D eigenvalue weighted by atomic mass is 10.3. The highest BCUT2D eigenvalue weighted by Gasteiger charge is 2.01. The minimum Gasteiger partial charge on any atom is -0.370 e. The van der Waals surface area contributed by atoms with Gasteiger partial charge in [0.15, 0.2) is 5.96 Å². The Bertz CT molecular complexity index is 366. The molecular formula is C10H13FIN3. The summed E-state index contributed by atoms with van der Waals surface area (Å²) in [6.45, 7) is 2.72. The van der Waals surface area contributed by atoms with Gasteiger partial charge in [-0.05, 0) is 47.2 Å². The molecule has 0 saturated carbocycles.